The van der Waals surface area contributed by atoms with Gasteiger partial charge in [-0.2, -0.15) is 0 Å². The summed E-state index contributed by atoms with van der Waals surface area (Å²) in [6.45, 7) is 1.74. The predicted octanol–water partition coefficient (Wildman–Crippen LogP) is 1.10. The first-order valence-corrected chi connectivity index (χ1v) is 5.53. The molecule has 1 aromatic heterocycles. The smallest absolute Gasteiger partial charge is 0.181 e. The van der Waals surface area contributed by atoms with Crippen LogP contribution in [0.4, 0.5) is 5.82 Å². The molecule has 3 N–H and O–H groups in total. The SMILES string of the molecule is Cc1ccc(O)c(NS(C)(=N)=O)n1. The first-order valence-electron chi connectivity index (χ1n) is 3.56. The van der Waals surface area contributed by atoms with Gasteiger partial charge in [-0.25, -0.2) is 14.0 Å². The van der Waals surface area contributed by atoms with Crippen molar-refractivity contribution in [3.63, 3.8) is 0 Å². The molecule has 0 saturated heterocycles. The van der Waals surface area contributed by atoms with Crippen LogP contribution in [0, 0.1) is 11.7 Å². The zero-order valence-corrected chi connectivity index (χ0v) is 8.18. The minimum atomic E-state index is -2.89. The lowest BCUT2D eigenvalue weighted by molar-refractivity contribution is 0.475. The highest BCUT2D eigenvalue weighted by Crippen LogP contribution is 2.20. The topological polar surface area (TPSA) is 86.1 Å². The number of hydrogen-bond acceptors (Lipinski definition) is 4. The van der Waals surface area contributed by atoms with Crippen LogP contribution in [-0.2, 0) is 9.92 Å². The Hall–Kier alpha value is -1.30. The molecule has 0 amide bonds. The predicted molar refractivity (Wildman–Crippen MR) is 51.0 cm³/mol. The Labute approximate surface area is 76.9 Å². The Bertz CT molecular complexity index is 414. The molecule has 0 aliphatic carbocycles. The summed E-state index contributed by atoms with van der Waals surface area (Å²) in [6, 6.07) is 3.07. The van der Waals surface area contributed by atoms with E-state index in [2.05, 4.69) is 9.71 Å². The van der Waals surface area contributed by atoms with Crippen LogP contribution >= 0.6 is 0 Å². The summed E-state index contributed by atoms with van der Waals surface area (Å²) in [6.07, 6.45) is 1.22. The van der Waals surface area contributed by atoms with Crippen molar-refractivity contribution >= 4 is 15.7 Å². The molecule has 1 atom stereocenters. The molecule has 1 heterocycles. The van der Waals surface area contributed by atoms with Crippen LogP contribution in [0.15, 0.2) is 12.1 Å². The maximum absolute atomic E-state index is 11.0. The summed E-state index contributed by atoms with van der Waals surface area (Å²) in [7, 11) is -2.89. The van der Waals surface area contributed by atoms with Crippen molar-refractivity contribution in [1.82, 2.24) is 4.98 Å². The normalized spacial score (nSPS) is 14.9. The van der Waals surface area contributed by atoms with E-state index >= 15 is 0 Å². The molecule has 0 bridgehead atoms. The van der Waals surface area contributed by atoms with Crippen LogP contribution in [0.2, 0.25) is 0 Å². The van der Waals surface area contributed by atoms with Gasteiger partial charge in [-0.05, 0) is 19.1 Å². The Balaban J connectivity index is 3.08. The van der Waals surface area contributed by atoms with Gasteiger partial charge in [0.2, 0.25) is 0 Å². The number of anilines is 1. The zero-order valence-electron chi connectivity index (χ0n) is 7.37. The first-order chi connectivity index (χ1) is 5.88. The van der Waals surface area contributed by atoms with E-state index in [1.165, 1.54) is 12.3 Å². The van der Waals surface area contributed by atoms with Crippen LogP contribution < -0.4 is 4.72 Å². The standard InChI is InChI=1S/C7H11N3O2S/c1-5-3-4-6(11)7(9-5)10-13(2,8)12/h3-4,11H,1-2H3,(H2,8,9,10,12). The minimum absolute atomic E-state index is 0.0856. The van der Waals surface area contributed by atoms with E-state index < -0.39 is 9.92 Å². The monoisotopic (exact) mass is 201 g/mol. The fourth-order valence-electron chi connectivity index (χ4n) is 0.809. The Morgan fingerprint density at radius 3 is 2.77 bits per heavy atom. The van der Waals surface area contributed by atoms with Crippen LogP contribution in [-0.4, -0.2) is 20.6 Å². The zero-order chi connectivity index (χ0) is 10.1. The van der Waals surface area contributed by atoms with Gasteiger partial charge in [0.05, 0.1) is 0 Å². The van der Waals surface area contributed by atoms with Gasteiger partial charge in [-0.1, -0.05) is 0 Å². The second kappa shape index (κ2) is 3.21. The second-order valence-corrected chi connectivity index (χ2v) is 4.66. The molecule has 0 aliphatic heterocycles. The van der Waals surface area contributed by atoms with Crippen molar-refractivity contribution in [2.75, 3.05) is 11.0 Å². The molecule has 0 radical (unpaired) electrons. The second-order valence-electron chi connectivity index (χ2n) is 2.77. The number of aromatic nitrogens is 1. The van der Waals surface area contributed by atoms with Crippen LogP contribution in [0.25, 0.3) is 0 Å². The number of nitrogens with one attached hydrogen (secondary N) is 2. The third kappa shape index (κ3) is 2.90. The van der Waals surface area contributed by atoms with Gasteiger partial charge in [-0.3, -0.25) is 4.72 Å². The van der Waals surface area contributed by atoms with E-state index in [1.807, 2.05) is 0 Å². The molecule has 0 fully saturated rings. The summed E-state index contributed by atoms with van der Waals surface area (Å²) in [4.78, 5) is 3.90. The molecule has 72 valence electrons. The molecule has 13 heavy (non-hydrogen) atoms. The number of rotatable bonds is 2. The number of aromatic hydroxyl groups is 1. The van der Waals surface area contributed by atoms with E-state index in [-0.39, 0.29) is 11.6 Å². The largest absolute Gasteiger partial charge is 0.504 e. The highest BCUT2D eigenvalue weighted by Gasteiger charge is 2.05. The lowest BCUT2D eigenvalue weighted by Crippen LogP contribution is -2.09. The molecule has 0 saturated carbocycles. The van der Waals surface area contributed by atoms with Gasteiger partial charge in [-0.15, -0.1) is 0 Å². The summed E-state index contributed by atoms with van der Waals surface area (Å²) >= 11 is 0. The fraction of sp³-hybridized carbons (Fsp3) is 0.286. The van der Waals surface area contributed by atoms with Crippen molar-refractivity contribution in [2.24, 2.45) is 0 Å². The van der Waals surface area contributed by atoms with E-state index in [0.717, 1.165) is 0 Å². The first kappa shape index (κ1) is 9.79. The fourth-order valence-corrected chi connectivity index (χ4v) is 1.33. The number of aryl methyl sites for hydroxylation is 1. The highest BCUT2D eigenvalue weighted by atomic mass is 32.2. The quantitative estimate of drug-likeness (QED) is 0.669. The molecule has 0 aliphatic rings. The van der Waals surface area contributed by atoms with Crippen molar-refractivity contribution < 1.29 is 9.32 Å². The molecule has 0 aromatic carbocycles. The van der Waals surface area contributed by atoms with Crippen molar-refractivity contribution in [2.45, 2.75) is 6.92 Å². The average Bonchev–Trinajstić information content (AvgIpc) is 1.94. The number of nitrogens with zero attached hydrogens (tertiary/aromatic N) is 1. The van der Waals surface area contributed by atoms with Gasteiger partial charge < -0.3 is 5.11 Å². The number of pyridine rings is 1. The Morgan fingerprint density at radius 2 is 2.23 bits per heavy atom. The number of hydrogen-bond donors (Lipinski definition) is 3. The van der Waals surface area contributed by atoms with Gasteiger partial charge in [0.1, 0.15) is 9.92 Å². The van der Waals surface area contributed by atoms with E-state index in [9.17, 15) is 9.32 Å². The molecule has 0 spiro atoms. The average molecular weight is 201 g/mol. The van der Waals surface area contributed by atoms with Crippen molar-refractivity contribution in [1.29, 1.82) is 4.78 Å². The van der Waals surface area contributed by atoms with E-state index in [1.54, 1.807) is 13.0 Å². The molecular formula is C7H11N3O2S. The van der Waals surface area contributed by atoms with Gasteiger partial charge in [0.25, 0.3) is 0 Å². The maximum atomic E-state index is 11.0. The molecule has 6 heteroatoms. The lowest BCUT2D eigenvalue weighted by Gasteiger charge is -2.07. The summed E-state index contributed by atoms with van der Waals surface area (Å²) < 4.78 is 20.4. The van der Waals surface area contributed by atoms with Crippen LogP contribution in [0.3, 0.4) is 0 Å². The van der Waals surface area contributed by atoms with Gasteiger partial charge in [0, 0.05) is 11.9 Å². The van der Waals surface area contributed by atoms with Crippen molar-refractivity contribution in [3.8, 4) is 5.75 Å². The molecule has 1 rings (SSSR count). The summed E-state index contributed by atoms with van der Waals surface area (Å²) in [5.41, 5.74) is 0.684. The molecule has 5 nitrogen and oxygen atoms in total. The minimum Gasteiger partial charge on any atom is -0.504 e. The van der Waals surface area contributed by atoms with E-state index in [4.69, 9.17) is 4.78 Å². The highest BCUT2D eigenvalue weighted by molar-refractivity contribution is 7.93. The van der Waals surface area contributed by atoms with Gasteiger partial charge >= 0.3 is 0 Å². The van der Waals surface area contributed by atoms with E-state index in [0.29, 0.717) is 5.69 Å². The summed E-state index contributed by atoms with van der Waals surface area (Å²) in [5, 5.41) is 9.26. The third-order valence-electron chi connectivity index (χ3n) is 1.30. The molecule has 1 unspecified atom stereocenters. The van der Waals surface area contributed by atoms with Crippen molar-refractivity contribution in [3.05, 3.63) is 17.8 Å². The summed E-state index contributed by atoms with van der Waals surface area (Å²) in [5.74, 6) is -0.0186. The Kier molecular flexibility index (Phi) is 2.42. The maximum Gasteiger partial charge on any atom is 0.181 e. The van der Waals surface area contributed by atoms with Crippen LogP contribution in [0.5, 0.6) is 5.75 Å². The van der Waals surface area contributed by atoms with Crippen LogP contribution in [0.1, 0.15) is 5.69 Å². The molecule has 1 aromatic rings. The Morgan fingerprint density at radius 1 is 1.62 bits per heavy atom. The lowest BCUT2D eigenvalue weighted by atomic mass is 10.3. The third-order valence-corrected chi connectivity index (χ3v) is 1.89. The van der Waals surface area contributed by atoms with Gasteiger partial charge in [0.15, 0.2) is 11.6 Å². The molecular weight excluding hydrogens is 190 g/mol.